The molecule has 0 aliphatic carbocycles. The molecule has 1 aromatic carbocycles. The van der Waals surface area contributed by atoms with E-state index in [4.69, 9.17) is 19.9 Å². The molecule has 1 atom stereocenters. The van der Waals surface area contributed by atoms with Gasteiger partial charge in [0.05, 0.1) is 19.8 Å². The van der Waals surface area contributed by atoms with E-state index in [0.717, 1.165) is 23.5 Å². The molecule has 0 spiro atoms. The number of likely N-dealkylation sites (N-methyl/N-ethyl adjacent to an activating group) is 1. The Hall–Kier alpha value is -1.30. The molecule has 1 aliphatic rings. The summed E-state index contributed by atoms with van der Waals surface area (Å²) in [4.78, 5) is 2.15. The number of hydrogen-bond acceptors (Lipinski definition) is 5. The Morgan fingerprint density at radius 3 is 3.00 bits per heavy atom. The minimum atomic E-state index is 0.0871. The van der Waals surface area contributed by atoms with Crippen LogP contribution in [-0.4, -0.2) is 46.3 Å². The van der Waals surface area contributed by atoms with E-state index in [1.807, 2.05) is 26.1 Å². The summed E-state index contributed by atoms with van der Waals surface area (Å²) in [7, 11) is 2.05. The number of aryl methyl sites for hydroxylation is 1. The molecule has 1 unspecified atom stereocenters. The largest absolute Gasteiger partial charge is 0.399 e. The van der Waals surface area contributed by atoms with Gasteiger partial charge in [-0.05, 0) is 30.7 Å². The van der Waals surface area contributed by atoms with Gasteiger partial charge in [-0.15, -0.1) is 0 Å². The highest BCUT2D eigenvalue weighted by Gasteiger charge is 2.15. The van der Waals surface area contributed by atoms with Crippen LogP contribution in [0.1, 0.15) is 5.56 Å². The first kappa shape index (κ1) is 14.1. The molecule has 5 nitrogen and oxygen atoms in total. The lowest BCUT2D eigenvalue weighted by Gasteiger charge is -2.20. The van der Waals surface area contributed by atoms with Gasteiger partial charge in [-0.25, -0.2) is 0 Å². The quantitative estimate of drug-likeness (QED) is 0.623. The molecular formula is C14H22N2O3. The lowest BCUT2D eigenvalue weighted by Crippen LogP contribution is -2.25. The summed E-state index contributed by atoms with van der Waals surface area (Å²) in [5.41, 5.74) is 8.88. The van der Waals surface area contributed by atoms with Crippen molar-refractivity contribution in [2.24, 2.45) is 0 Å². The van der Waals surface area contributed by atoms with E-state index < -0.39 is 0 Å². The van der Waals surface area contributed by atoms with E-state index in [-0.39, 0.29) is 6.10 Å². The molecule has 0 bridgehead atoms. The Morgan fingerprint density at radius 1 is 1.47 bits per heavy atom. The van der Waals surface area contributed by atoms with Crippen molar-refractivity contribution in [1.29, 1.82) is 0 Å². The number of ether oxygens (including phenoxy) is 3. The third kappa shape index (κ3) is 4.09. The molecule has 0 amide bonds. The topological polar surface area (TPSA) is 57.0 Å². The summed E-state index contributed by atoms with van der Waals surface area (Å²) in [5, 5.41) is 0. The van der Waals surface area contributed by atoms with Gasteiger partial charge < -0.3 is 24.8 Å². The van der Waals surface area contributed by atoms with Crippen LogP contribution in [0.3, 0.4) is 0 Å². The molecule has 5 heteroatoms. The number of rotatable bonds is 6. The van der Waals surface area contributed by atoms with Gasteiger partial charge in [0.25, 0.3) is 0 Å². The molecule has 1 heterocycles. The first-order valence-corrected chi connectivity index (χ1v) is 6.51. The van der Waals surface area contributed by atoms with Gasteiger partial charge in [-0.3, -0.25) is 0 Å². The number of nitrogens with two attached hydrogens (primary N) is 1. The molecule has 0 aromatic heterocycles. The van der Waals surface area contributed by atoms with Crippen LogP contribution in [0.2, 0.25) is 0 Å². The van der Waals surface area contributed by atoms with Crippen molar-refractivity contribution in [2.45, 2.75) is 13.0 Å². The number of nitrogens with zero attached hydrogens (tertiary/aromatic N) is 1. The molecule has 1 fully saturated rings. The Kier molecular flexibility index (Phi) is 5.01. The summed E-state index contributed by atoms with van der Waals surface area (Å²) in [6.07, 6.45) is 0.0871. The van der Waals surface area contributed by atoms with Gasteiger partial charge in [-0.2, -0.15) is 0 Å². The van der Waals surface area contributed by atoms with Crippen molar-refractivity contribution in [1.82, 2.24) is 0 Å². The van der Waals surface area contributed by atoms with Gasteiger partial charge in [0, 0.05) is 25.0 Å². The molecule has 0 saturated carbocycles. The van der Waals surface area contributed by atoms with Crippen LogP contribution in [0.15, 0.2) is 18.2 Å². The standard InChI is InChI=1S/C14H22N2O3/c1-11-7-12(3-4-14(11)15)16(2)5-6-17-8-13-9-18-10-19-13/h3-4,7,13H,5-6,8-10,15H2,1-2H3. The maximum atomic E-state index is 5.81. The molecule has 1 aliphatic heterocycles. The van der Waals surface area contributed by atoms with Gasteiger partial charge in [0.2, 0.25) is 0 Å². The van der Waals surface area contributed by atoms with Crippen molar-refractivity contribution in [3.63, 3.8) is 0 Å². The second kappa shape index (κ2) is 6.75. The molecule has 0 radical (unpaired) electrons. The Labute approximate surface area is 114 Å². The highest BCUT2D eigenvalue weighted by molar-refractivity contribution is 5.57. The molecular weight excluding hydrogens is 244 g/mol. The predicted molar refractivity (Wildman–Crippen MR) is 75.4 cm³/mol. The summed E-state index contributed by atoms with van der Waals surface area (Å²) in [6, 6.07) is 6.05. The second-order valence-electron chi connectivity index (χ2n) is 4.81. The highest BCUT2D eigenvalue weighted by atomic mass is 16.7. The van der Waals surface area contributed by atoms with Crippen molar-refractivity contribution < 1.29 is 14.2 Å². The van der Waals surface area contributed by atoms with E-state index in [1.54, 1.807) is 0 Å². The average molecular weight is 266 g/mol. The first-order chi connectivity index (χ1) is 9.16. The lowest BCUT2D eigenvalue weighted by atomic mass is 10.2. The first-order valence-electron chi connectivity index (χ1n) is 6.51. The van der Waals surface area contributed by atoms with Crippen LogP contribution < -0.4 is 10.6 Å². The van der Waals surface area contributed by atoms with Crippen molar-refractivity contribution >= 4 is 11.4 Å². The van der Waals surface area contributed by atoms with E-state index in [2.05, 4.69) is 11.0 Å². The molecule has 1 aromatic rings. The second-order valence-corrected chi connectivity index (χ2v) is 4.81. The van der Waals surface area contributed by atoms with Gasteiger partial charge in [-0.1, -0.05) is 0 Å². The van der Waals surface area contributed by atoms with Crippen molar-refractivity contribution in [2.75, 3.05) is 50.8 Å². The lowest BCUT2D eigenvalue weighted by molar-refractivity contribution is 0.00683. The smallest absolute Gasteiger partial charge is 0.147 e. The molecule has 2 rings (SSSR count). The highest BCUT2D eigenvalue weighted by Crippen LogP contribution is 2.19. The summed E-state index contributed by atoms with van der Waals surface area (Å²) >= 11 is 0. The minimum Gasteiger partial charge on any atom is -0.399 e. The molecule has 106 valence electrons. The van der Waals surface area contributed by atoms with Crippen LogP contribution in [0.4, 0.5) is 11.4 Å². The molecule has 1 saturated heterocycles. The van der Waals surface area contributed by atoms with Crippen LogP contribution in [-0.2, 0) is 14.2 Å². The van der Waals surface area contributed by atoms with Crippen LogP contribution in [0.25, 0.3) is 0 Å². The van der Waals surface area contributed by atoms with E-state index >= 15 is 0 Å². The number of hydrogen-bond donors (Lipinski definition) is 1. The van der Waals surface area contributed by atoms with Crippen LogP contribution in [0, 0.1) is 6.92 Å². The zero-order valence-electron chi connectivity index (χ0n) is 11.6. The Bertz CT molecular complexity index is 406. The summed E-state index contributed by atoms with van der Waals surface area (Å²) in [5.74, 6) is 0. The fraction of sp³-hybridized carbons (Fsp3) is 0.571. The van der Waals surface area contributed by atoms with Crippen LogP contribution in [0.5, 0.6) is 0 Å². The Balaban J connectivity index is 1.71. The third-order valence-electron chi connectivity index (χ3n) is 3.26. The zero-order valence-corrected chi connectivity index (χ0v) is 11.6. The normalized spacial score (nSPS) is 18.7. The maximum absolute atomic E-state index is 5.81. The Morgan fingerprint density at radius 2 is 2.32 bits per heavy atom. The number of nitrogen functional groups attached to an aromatic ring is 1. The van der Waals surface area contributed by atoms with Crippen molar-refractivity contribution in [3.05, 3.63) is 23.8 Å². The average Bonchev–Trinajstić information content (AvgIpc) is 2.91. The summed E-state index contributed by atoms with van der Waals surface area (Å²) < 4.78 is 16.0. The number of benzene rings is 1. The van der Waals surface area contributed by atoms with Crippen molar-refractivity contribution in [3.8, 4) is 0 Å². The fourth-order valence-corrected chi connectivity index (χ4v) is 1.91. The zero-order chi connectivity index (χ0) is 13.7. The number of anilines is 2. The molecule has 2 N–H and O–H groups in total. The third-order valence-corrected chi connectivity index (χ3v) is 3.26. The summed E-state index contributed by atoms with van der Waals surface area (Å²) in [6.45, 7) is 5.12. The fourth-order valence-electron chi connectivity index (χ4n) is 1.91. The SMILES string of the molecule is Cc1cc(N(C)CCOCC2COCO2)ccc1N. The van der Waals surface area contributed by atoms with E-state index in [9.17, 15) is 0 Å². The van der Waals surface area contributed by atoms with E-state index in [1.165, 1.54) is 0 Å². The minimum absolute atomic E-state index is 0.0871. The van der Waals surface area contributed by atoms with Crippen LogP contribution >= 0.6 is 0 Å². The maximum Gasteiger partial charge on any atom is 0.147 e. The van der Waals surface area contributed by atoms with E-state index in [0.29, 0.717) is 26.6 Å². The monoisotopic (exact) mass is 266 g/mol. The van der Waals surface area contributed by atoms with Gasteiger partial charge >= 0.3 is 0 Å². The van der Waals surface area contributed by atoms with Gasteiger partial charge in [0.1, 0.15) is 12.9 Å². The van der Waals surface area contributed by atoms with Gasteiger partial charge in [0.15, 0.2) is 0 Å². The molecule has 19 heavy (non-hydrogen) atoms. The predicted octanol–water partition coefficient (Wildman–Crippen LogP) is 1.40.